The van der Waals surface area contributed by atoms with Gasteiger partial charge in [-0.25, -0.2) is 0 Å². The van der Waals surface area contributed by atoms with E-state index in [1.807, 2.05) is 29.9 Å². The number of hydrogen-bond donors (Lipinski definition) is 1. The summed E-state index contributed by atoms with van der Waals surface area (Å²) in [6, 6.07) is 4.19. The number of aromatic nitrogens is 2. The molecule has 0 saturated heterocycles. The first-order valence-electron chi connectivity index (χ1n) is 6.59. The minimum atomic E-state index is 0.0831. The Kier molecular flexibility index (Phi) is 4.63. The van der Waals surface area contributed by atoms with E-state index in [1.54, 1.807) is 12.5 Å². The summed E-state index contributed by atoms with van der Waals surface area (Å²) in [4.78, 5) is 0. The Labute approximate surface area is 113 Å². The van der Waals surface area contributed by atoms with E-state index >= 15 is 0 Å². The molecule has 0 aliphatic carbocycles. The smallest absolute Gasteiger partial charge is 0.157 e. The second-order valence-electron chi connectivity index (χ2n) is 4.89. The Morgan fingerprint density at radius 3 is 2.89 bits per heavy atom. The lowest BCUT2D eigenvalue weighted by atomic mass is 10.3. The van der Waals surface area contributed by atoms with Crippen LogP contribution < -0.4 is 10.1 Å². The highest BCUT2D eigenvalue weighted by Crippen LogP contribution is 2.13. The number of nitrogens with zero attached hydrogens (tertiary/aromatic N) is 2. The van der Waals surface area contributed by atoms with Crippen LogP contribution in [-0.4, -0.2) is 22.4 Å². The number of hydrogen-bond acceptors (Lipinski definition) is 4. The van der Waals surface area contributed by atoms with Crippen molar-refractivity contribution in [1.82, 2.24) is 15.1 Å². The fraction of sp³-hybridized carbons (Fsp3) is 0.500. The minimum Gasteiger partial charge on any atom is -0.486 e. The summed E-state index contributed by atoms with van der Waals surface area (Å²) in [6.07, 6.45) is 5.44. The van der Waals surface area contributed by atoms with Gasteiger partial charge in [-0.15, -0.1) is 0 Å². The van der Waals surface area contributed by atoms with E-state index in [0.717, 1.165) is 18.1 Å². The lowest BCUT2D eigenvalue weighted by Crippen LogP contribution is -2.28. The molecule has 1 unspecified atom stereocenters. The summed E-state index contributed by atoms with van der Waals surface area (Å²) >= 11 is 0. The largest absolute Gasteiger partial charge is 0.486 e. The predicted octanol–water partition coefficient (Wildman–Crippen LogP) is 2.61. The molecular formula is C14H21N3O2. The molecule has 2 rings (SSSR count). The fourth-order valence-corrected chi connectivity index (χ4v) is 1.75. The summed E-state index contributed by atoms with van der Waals surface area (Å²) in [5, 5.41) is 7.54. The summed E-state index contributed by atoms with van der Waals surface area (Å²) in [7, 11) is 0. The van der Waals surface area contributed by atoms with Crippen LogP contribution in [0.1, 0.15) is 32.6 Å². The normalized spacial score (nSPS) is 12.8. The summed E-state index contributed by atoms with van der Waals surface area (Å²) < 4.78 is 12.9. The number of rotatable bonds is 7. The van der Waals surface area contributed by atoms with Crippen LogP contribution in [0.15, 0.2) is 35.2 Å². The molecule has 2 heterocycles. The molecule has 0 bridgehead atoms. The van der Waals surface area contributed by atoms with Crippen LogP contribution in [0, 0.1) is 0 Å². The highest BCUT2D eigenvalue weighted by Gasteiger charge is 2.07. The summed E-state index contributed by atoms with van der Waals surface area (Å²) in [6.45, 7) is 7.68. The molecule has 1 N–H and O–H groups in total. The third-order valence-corrected chi connectivity index (χ3v) is 2.76. The van der Waals surface area contributed by atoms with Crippen molar-refractivity contribution in [2.75, 3.05) is 6.54 Å². The predicted molar refractivity (Wildman–Crippen MR) is 73.1 cm³/mol. The molecule has 0 radical (unpaired) electrons. The van der Waals surface area contributed by atoms with Crippen molar-refractivity contribution < 1.29 is 9.15 Å². The van der Waals surface area contributed by atoms with Crippen LogP contribution in [0.4, 0.5) is 0 Å². The maximum atomic E-state index is 5.79. The second-order valence-corrected chi connectivity index (χ2v) is 4.89. The van der Waals surface area contributed by atoms with E-state index in [-0.39, 0.29) is 6.10 Å². The standard InChI is InChI=1S/C14H21N3O2/c1-11(2)17-10-14(9-16-17)19-12(3)7-15-8-13-5-4-6-18-13/h4-6,9-12,15H,7-8H2,1-3H3. The maximum Gasteiger partial charge on any atom is 0.157 e. The van der Waals surface area contributed by atoms with Gasteiger partial charge in [-0.3, -0.25) is 4.68 Å². The monoisotopic (exact) mass is 263 g/mol. The highest BCUT2D eigenvalue weighted by molar-refractivity contribution is 5.12. The fourth-order valence-electron chi connectivity index (χ4n) is 1.75. The third-order valence-electron chi connectivity index (χ3n) is 2.76. The molecule has 0 saturated carbocycles. The molecule has 5 heteroatoms. The van der Waals surface area contributed by atoms with Crippen LogP contribution in [0.3, 0.4) is 0 Å². The lowest BCUT2D eigenvalue weighted by molar-refractivity contribution is 0.215. The molecule has 0 spiro atoms. The SMILES string of the molecule is CC(CNCc1ccco1)Oc1cnn(C(C)C)c1. The average molecular weight is 263 g/mol. The van der Waals surface area contributed by atoms with E-state index in [4.69, 9.17) is 9.15 Å². The van der Waals surface area contributed by atoms with Gasteiger partial charge in [-0.05, 0) is 32.9 Å². The molecule has 0 amide bonds. The van der Waals surface area contributed by atoms with E-state index in [1.165, 1.54) is 0 Å². The first-order chi connectivity index (χ1) is 9.15. The zero-order chi connectivity index (χ0) is 13.7. The van der Waals surface area contributed by atoms with Crippen LogP contribution in [0.25, 0.3) is 0 Å². The number of ether oxygens (including phenoxy) is 1. The van der Waals surface area contributed by atoms with E-state index in [0.29, 0.717) is 12.6 Å². The minimum absolute atomic E-state index is 0.0831. The van der Waals surface area contributed by atoms with E-state index in [2.05, 4.69) is 24.3 Å². The topological polar surface area (TPSA) is 52.2 Å². The van der Waals surface area contributed by atoms with Crippen molar-refractivity contribution in [2.24, 2.45) is 0 Å². The van der Waals surface area contributed by atoms with Gasteiger partial charge in [-0.1, -0.05) is 0 Å². The zero-order valence-corrected chi connectivity index (χ0v) is 11.7. The summed E-state index contributed by atoms with van der Waals surface area (Å²) in [5.74, 6) is 1.74. The quantitative estimate of drug-likeness (QED) is 0.834. The molecule has 2 aromatic rings. The van der Waals surface area contributed by atoms with Gasteiger partial charge in [0.15, 0.2) is 5.75 Å². The van der Waals surface area contributed by atoms with Gasteiger partial charge in [0, 0.05) is 12.6 Å². The van der Waals surface area contributed by atoms with Crippen molar-refractivity contribution in [3.63, 3.8) is 0 Å². The molecule has 0 aromatic carbocycles. The van der Waals surface area contributed by atoms with Gasteiger partial charge >= 0.3 is 0 Å². The Morgan fingerprint density at radius 2 is 2.26 bits per heavy atom. The van der Waals surface area contributed by atoms with Gasteiger partial charge in [-0.2, -0.15) is 5.10 Å². The lowest BCUT2D eigenvalue weighted by Gasteiger charge is -2.13. The molecule has 0 aliphatic heterocycles. The van der Waals surface area contributed by atoms with Crippen molar-refractivity contribution in [2.45, 2.75) is 39.5 Å². The molecule has 1 atom stereocenters. The maximum absolute atomic E-state index is 5.79. The Balaban J connectivity index is 1.72. The van der Waals surface area contributed by atoms with Gasteiger partial charge in [0.2, 0.25) is 0 Å². The molecule has 2 aromatic heterocycles. The molecule has 104 valence electrons. The van der Waals surface area contributed by atoms with Gasteiger partial charge < -0.3 is 14.5 Å². The van der Waals surface area contributed by atoms with Crippen molar-refractivity contribution >= 4 is 0 Å². The number of furan rings is 1. The van der Waals surface area contributed by atoms with Crippen LogP contribution in [-0.2, 0) is 6.54 Å². The third kappa shape index (κ3) is 4.13. The van der Waals surface area contributed by atoms with Crippen LogP contribution in [0.5, 0.6) is 5.75 Å². The Morgan fingerprint density at radius 1 is 1.42 bits per heavy atom. The first kappa shape index (κ1) is 13.7. The van der Waals surface area contributed by atoms with E-state index < -0.39 is 0 Å². The Hall–Kier alpha value is -1.75. The summed E-state index contributed by atoms with van der Waals surface area (Å²) in [5.41, 5.74) is 0. The first-order valence-corrected chi connectivity index (χ1v) is 6.59. The van der Waals surface area contributed by atoms with Gasteiger partial charge in [0.25, 0.3) is 0 Å². The molecule has 19 heavy (non-hydrogen) atoms. The molecule has 0 aliphatic rings. The van der Waals surface area contributed by atoms with Crippen molar-refractivity contribution in [3.05, 3.63) is 36.5 Å². The molecule has 5 nitrogen and oxygen atoms in total. The average Bonchev–Trinajstić information content (AvgIpc) is 3.00. The molecular weight excluding hydrogens is 242 g/mol. The molecule has 0 fully saturated rings. The van der Waals surface area contributed by atoms with Crippen molar-refractivity contribution in [1.29, 1.82) is 0 Å². The van der Waals surface area contributed by atoms with E-state index in [9.17, 15) is 0 Å². The van der Waals surface area contributed by atoms with Gasteiger partial charge in [0.1, 0.15) is 11.9 Å². The van der Waals surface area contributed by atoms with Crippen LogP contribution >= 0.6 is 0 Å². The Bertz CT molecular complexity index is 477. The second kappa shape index (κ2) is 6.43. The highest BCUT2D eigenvalue weighted by atomic mass is 16.5. The van der Waals surface area contributed by atoms with Crippen molar-refractivity contribution in [3.8, 4) is 5.75 Å². The number of nitrogens with one attached hydrogen (secondary N) is 1. The zero-order valence-electron chi connectivity index (χ0n) is 11.7. The van der Waals surface area contributed by atoms with Gasteiger partial charge in [0.05, 0.1) is 25.2 Å². The van der Waals surface area contributed by atoms with Crippen LogP contribution in [0.2, 0.25) is 0 Å².